The summed E-state index contributed by atoms with van der Waals surface area (Å²) in [5, 5.41) is 3.66. The average molecular weight is 391 g/mol. The molecule has 4 heteroatoms. The molecule has 1 aliphatic carbocycles. The van der Waals surface area contributed by atoms with Gasteiger partial charge in [0.2, 0.25) is 0 Å². The summed E-state index contributed by atoms with van der Waals surface area (Å²) < 4.78 is 7.85. The van der Waals surface area contributed by atoms with Gasteiger partial charge in [0.25, 0.3) is 0 Å². The molecule has 2 nitrogen and oxygen atoms in total. The van der Waals surface area contributed by atoms with Crippen LogP contribution in [0.3, 0.4) is 0 Å². The molecule has 1 N–H and O–H groups in total. The van der Waals surface area contributed by atoms with Crippen LogP contribution in [-0.4, -0.2) is 12.6 Å². The van der Waals surface area contributed by atoms with E-state index in [1.54, 1.807) is 0 Å². The van der Waals surface area contributed by atoms with Gasteiger partial charge in [-0.3, -0.25) is 0 Å². The molecule has 0 radical (unpaired) electrons. The lowest BCUT2D eigenvalue weighted by Gasteiger charge is -2.16. The summed E-state index contributed by atoms with van der Waals surface area (Å²) >= 11 is 7.13. The summed E-state index contributed by atoms with van der Waals surface area (Å²) in [5.74, 6) is 1.82. The second kappa shape index (κ2) is 7.09. The van der Waals surface area contributed by atoms with Crippen LogP contribution in [-0.2, 0) is 6.54 Å². The van der Waals surface area contributed by atoms with Crippen molar-refractivity contribution in [2.24, 2.45) is 5.92 Å². The Balaban J connectivity index is 2.05. The fraction of sp³-hybridized carbons (Fsp3) is 0.600. The zero-order valence-electron chi connectivity index (χ0n) is 11.5. The zero-order chi connectivity index (χ0) is 13.8. The molecular weight excluding hydrogens is 370 g/mol. The highest BCUT2D eigenvalue weighted by atomic mass is 79.9. The van der Waals surface area contributed by atoms with Gasteiger partial charge < -0.3 is 10.1 Å². The minimum Gasteiger partial charge on any atom is -0.492 e. The van der Waals surface area contributed by atoms with Crippen LogP contribution in [0.25, 0.3) is 0 Å². The van der Waals surface area contributed by atoms with Crippen LogP contribution in [0.1, 0.15) is 38.7 Å². The Kier molecular flexibility index (Phi) is 5.72. The molecule has 2 atom stereocenters. The number of rotatable bonds is 5. The molecule has 0 amide bonds. The predicted molar refractivity (Wildman–Crippen MR) is 86.7 cm³/mol. The van der Waals surface area contributed by atoms with Crippen molar-refractivity contribution in [2.75, 3.05) is 6.61 Å². The van der Waals surface area contributed by atoms with E-state index < -0.39 is 0 Å². The summed E-state index contributed by atoms with van der Waals surface area (Å²) in [6.07, 6.45) is 3.93. The maximum atomic E-state index is 5.75. The molecule has 1 aromatic rings. The van der Waals surface area contributed by atoms with E-state index in [4.69, 9.17) is 4.74 Å². The van der Waals surface area contributed by atoms with Gasteiger partial charge in [-0.25, -0.2) is 0 Å². The van der Waals surface area contributed by atoms with Gasteiger partial charge in [-0.1, -0.05) is 22.9 Å². The number of hydrogen-bond acceptors (Lipinski definition) is 2. The third-order valence-corrected chi connectivity index (χ3v) is 4.70. The minimum atomic E-state index is 0.655. The summed E-state index contributed by atoms with van der Waals surface area (Å²) in [6, 6.07) is 4.83. The van der Waals surface area contributed by atoms with Gasteiger partial charge in [-0.15, -0.1) is 0 Å². The Morgan fingerprint density at radius 2 is 2.11 bits per heavy atom. The summed E-state index contributed by atoms with van der Waals surface area (Å²) in [4.78, 5) is 0. The molecule has 0 aliphatic heterocycles. The first-order chi connectivity index (χ1) is 9.10. The van der Waals surface area contributed by atoms with Crippen molar-refractivity contribution in [2.45, 2.75) is 45.7 Å². The molecule has 0 spiro atoms. The van der Waals surface area contributed by atoms with Crippen molar-refractivity contribution in [3.63, 3.8) is 0 Å². The van der Waals surface area contributed by atoms with Gasteiger partial charge in [-0.2, -0.15) is 0 Å². The standard InChI is InChI=1S/C15H21Br2NO/c1-3-19-15-11(7-12(16)8-14(15)17)9-18-13-5-4-10(2)6-13/h7-8,10,13,18H,3-6,9H2,1-2H3. The average Bonchev–Trinajstić information content (AvgIpc) is 2.76. The molecule has 1 saturated carbocycles. The Hall–Kier alpha value is -0.0600. The molecule has 0 bridgehead atoms. The Morgan fingerprint density at radius 1 is 1.32 bits per heavy atom. The second-order valence-electron chi connectivity index (χ2n) is 5.30. The molecule has 0 heterocycles. The van der Waals surface area contributed by atoms with Crippen molar-refractivity contribution in [3.8, 4) is 5.75 Å². The summed E-state index contributed by atoms with van der Waals surface area (Å²) in [7, 11) is 0. The van der Waals surface area contributed by atoms with Gasteiger partial charge in [-0.05, 0) is 60.2 Å². The van der Waals surface area contributed by atoms with Crippen LogP contribution in [0.2, 0.25) is 0 Å². The fourth-order valence-electron chi connectivity index (χ4n) is 2.70. The molecule has 2 unspecified atom stereocenters. The molecule has 0 aromatic heterocycles. The monoisotopic (exact) mass is 389 g/mol. The van der Waals surface area contributed by atoms with Gasteiger partial charge in [0.05, 0.1) is 11.1 Å². The van der Waals surface area contributed by atoms with Crippen LogP contribution < -0.4 is 10.1 Å². The van der Waals surface area contributed by atoms with Crippen molar-refractivity contribution in [3.05, 3.63) is 26.6 Å². The predicted octanol–water partition coefficient (Wildman–Crippen LogP) is 4.89. The molecule has 1 aliphatic rings. The minimum absolute atomic E-state index is 0.655. The van der Waals surface area contributed by atoms with Crippen molar-refractivity contribution >= 4 is 31.9 Å². The van der Waals surface area contributed by atoms with E-state index in [9.17, 15) is 0 Å². The van der Waals surface area contributed by atoms with Crippen molar-refractivity contribution < 1.29 is 4.74 Å². The number of nitrogens with one attached hydrogen (secondary N) is 1. The van der Waals surface area contributed by atoms with E-state index in [2.05, 4.69) is 50.2 Å². The summed E-state index contributed by atoms with van der Waals surface area (Å²) in [5.41, 5.74) is 1.21. The van der Waals surface area contributed by atoms with E-state index in [0.29, 0.717) is 12.6 Å². The van der Waals surface area contributed by atoms with Gasteiger partial charge in [0, 0.05) is 22.6 Å². The number of halogens is 2. The van der Waals surface area contributed by atoms with Crippen molar-refractivity contribution in [1.29, 1.82) is 0 Å². The normalized spacial score (nSPS) is 22.7. The molecule has 2 rings (SSSR count). The topological polar surface area (TPSA) is 21.3 Å². The van der Waals surface area contributed by atoms with Crippen LogP contribution in [0.15, 0.2) is 21.1 Å². The van der Waals surface area contributed by atoms with Crippen molar-refractivity contribution in [1.82, 2.24) is 5.32 Å². The molecular formula is C15H21Br2NO. The van der Waals surface area contributed by atoms with Gasteiger partial charge in [0.15, 0.2) is 0 Å². The second-order valence-corrected chi connectivity index (χ2v) is 7.07. The fourth-order valence-corrected chi connectivity index (χ4v) is 4.13. The maximum Gasteiger partial charge on any atom is 0.138 e. The highest BCUT2D eigenvalue weighted by Gasteiger charge is 2.21. The first-order valence-electron chi connectivity index (χ1n) is 6.94. The van der Waals surface area contributed by atoms with Crippen LogP contribution >= 0.6 is 31.9 Å². The Bertz CT molecular complexity index is 436. The molecule has 106 valence electrons. The molecule has 0 saturated heterocycles. The maximum absolute atomic E-state index is 5.75. The third kappa shape index (κ3) is 4.20. The molecule has 1 aromatic carbocycles. The van der Waals surface area contributed by atoms with E-state index in [0.717, 1.165) is 27.2 Å². The molecule has 19 heavy (non-hydrogen) atoms. The number of benzene rings is 1. The molecule has 1 fully saturated rings. The number of hydrogen-bond donors (Lipinski definition) is 1. The highest BCUT2D eigenvalue weighted by molar-refractivity contribution is 9.11. The lowest BCUT2D eigenvalue weighted by Crippen LogP contribution is -2.26. The lowest BCUT2D eigenvalue weighted by molar-refractivity contribution is 0.332. The first kappa shape index (κ1) is 15.3. The van der Waals surface area contributed by atoms with Gasteiger partial charge in [0.1, 0.15) is 5.75 Å². The third-order valence-electron chi connectivity index (χ3n) is 3.65. The van der Waals surface area contributed by atoms with Crippen LogP contribution in [0.5, 0.6) is 5.75 Å². The van der Waals surface area contributed by atoms with E-state index >= 15 is 0 Å². The first-order valence-corrected chi connectivity index (χ1v) is 8.52. The lowest BCUT2D eigenvalue weighted by atomic mass is 10.1. The number of ether oxygens (including phenoxy) is 1. The van der Waals surface area contributed by atoms with E-state index in [-0.39, 0.29) is 0 Å². The Labute approximate surface area is 132 Å². The van der Waals surface area contributed by atoms with E-state index in [1.807, 2.05) is 13.0 Å². The highest BCUT2D eigenvalue weighted by Crippen LogP contribution is 2.33. The SMILES string of the molecule is CCOc1c(Br)cc(Br)cc1CNC1CCC(C)C1. The zero-order valence-corrected chi connectivity index (χ0v) is 14.7. The smallest absolute Gasteiger partial charge is 0.138 e. The quantitative estimate of drug-likeness (QED) is 0.772. The van der Waals surface area contributed by atoms with Gasteiger partial charge >= 0.3 is 0 Å². The van der Waals surface area contributed by atoms with E-state index in [1.165, 1.54) is 24.8 Å². The largest absolute Gasteiger partial charge is 0.492 e. The van der Waals surface area contributed by atoms with Crippen LogP contribution in [0, 0.1) is 5.92 Å². The summed E-state index contributed by atoms with van der Waals surface area (Å²) in [6.45, 7) is 5.91. The van der Waals surface area contributed by atoms with Crippen LogP contribution in [0.4, 0.5) is 0 Å². The Morgan fingerprint density at radius 3 is 2.74 bits per heavy atom.